The molecular weight excluding hydrogens is 316 g/mol. The van der Waals surface area contributed by atoms with Crippen molar-refractivity contribution in [2.24, 2.45) is 0 Å². The first-order valence-electron chi connectivity index (χ1n) is 5.24. The minimum atomic E-state index is 0.632. The van der Waals surface area contributed by atoms with Crippen molar-refractivity contribution >= 4 is 44.3 Å². The van der Waals surface area contributed by atoms with Gasteiger partial charge in [0.2, 0.25) is 0 Å². The second-order valence-corrected chi connectivity index (χ2v) is 7.10. The van der Waals surface area contributed by atoms with Gasteiger partial charge in [-0.25, -0.2) is 0 Å². The molecule has 2 nitrogen and oxygen atoms in total. The maximum atomic E-state index is 9.05. The van der Waals surface area contributed by atoms with Crippen LogP contribution in [0.2, 0.25) is 0 Å². The van der Waals surface area contributed by atoms with Crippen LogP contribution in [0.15, 0.2) is 15.9 Å². The highest BCUT2D eigenvalue weighted by Crippen LogP contribution is 2.42. The third kappa shape index (κ3) is 2.39. The van der Waals surface area contributed by atoms with Crippen LogP contribution in [-0.2, 0) is 6.42 Å². The molecule has 2 rings (SSSR count). The van der Waals surface area contributed by atoms with Crippen LogP contribution in [0.1, 0.15) is 23.8 Å². The molecule has 0 radical (unpaired) electrons. The van der Waals surface area contributed by atoms with E-state index in [9.17, 15) is 0 Å². The van der Waals surface area contributed by atoms with Crippen molar-refractivity contribution < 1.29 is 0 Å². The number of nitriles is 1. The van der Waals surface area contributed by atoms with E-state index in [4.69, 9.17) is 11.0 Å². The molecule has 17 heavy (non-hydrogen) atoms. The van der Waals surface area contributed by atoms with Crippen LogP contribution in [0.4, 0.5) is 5.69 Å². The summed E-state index contributed by atoms with van der Waals surface area (Å²) in [5.74, 6) is 0. The number of nitrogens with zero attached hydrogens (tertiary/aromatic N) is 1. The Bertz CT molecular complexity index is 578. The van der Waals surface area contributed by atoms with Gasteiger partial charge in [-0.15, -0.1) is 22.7 Å². The highest BCUT2D eigenvalue weighted by Gasteiger charge is 2.17. The maximum Gasteiger partial charge on any atom is 0.128 e. The minimum Gasteiger partial charge on any atom is -0.397 e. The summed E-state index contributed by atoms with van der Waals surface area (Å²) in [6, 6.07) is 6.27. The fraction of sp³-hybridized carbons (Fsp3) is 0.250. The van der Waals surface area contributed by atoms with Crippen molar-refractivity contribution in [1.82, 2.24) is 0 Å². The zero-order chi connectivity index (χ0) is 12.4. The van der Waals surface area contributed by atoms with Crippen LogP contribution < -0.4 is 5.73 Å². The Morgan fingerprint density at radius 2 is 2.18 bits per heavy atom. The van der Waals surface area contributed by atoms with Crippen molar-refractivity contribution in [3.63, 3.8) is 0 Å². The Hall–Kier alpha value is -0.830. The van der Waals surface area contributed by atoms with Crippen molar-refractivity contribution in [3.05, 3.63) is 26.4 Å². The zero-order valence-corrected chi connectivity index (χ0v) is 12.5. The average molecular weight is 327 g/mol. The minimum absolute atomic E-state index is 0.632. The molecule has 0 amide bonds. The lowest BCUT2D eigenvalue weighted by atomic mass is 10.1. The van der Waals surface area contributed by atoms with Crippen molar-refractivity contribution in [3.8, 4) is 15.8 Å². The van der Waals surface area contributed by atoms with E-state index in [1.807, 2.05) is 6.07 Å². The van der Waals surface area contributed by atoms with Gasteiger partial charge in [-0.1, -0.05) is 13.3 Å². The molecule has 0 aliphatic rings. The number of anilines is 1. The molecule has 0 aromatic carbocycles. The molecule has 2 aromatic rings. The lowest BCUT2D eigenvalue weighted by molar-refractivity contribution is 0.930. The number of nitrogen functional groups attached to an aromatic ring is 1. The normalized spacial score (nSPS) is 10.4. The molecule has 0 saturated carbocycles. The van der Waals surface area contributed by atoms with Crippen molar-refractivity contribution in [2.45, 2.75) is 19.8 Å². The summed E-state index contributed by atoms with van der Waals surface area (Å²) in [6.07, 6.45) is 1.96. The Kier molecular flexibility index (Phi) is 3.87. The Morgan fingerprint density at radius 3 is 2.71 bits per heavy atom. The second-order valence-electron chi connectivity index (χ2n) is 3.62. The van der Waals surface area contributed by atoms with E-state index in [-0.39, 0.29) is 0 Å². The smallest absolute Gasteiger partial charge is 0.128 e. The fourth-order valence-corrected chi connectivity index (χ4v) is 4.28. The molecule has 0 unspecified atom stereocenters. The molecule has 0 bridgehead atoms. The van der Waals surface area contributed by atoms with Crippen molar-refractivity contribution in [2.75, 3.05) is 5.73 Å². The standard InChI is InChI=1S/C12H11BrN2S2/c1-2-3-7-11(15)9(6-14)17-12(7)8-4-5-10(13)16-8/h4-5H,2-3,15H2,1H3. The average Bonchev–Trinajstić information content (AvgIpc) is 2.85. The summed E-state index contributed by atoms with van der Waals surface area (Å²) >= 11 is 6.63. The van der Waals surface area contributed by atoms with E-state index >= 15 is 0 Å². The molecule has 88 valence electrons. The topological polar surface area (TPSA) is 49.8 Å². The number of hydrogen-bond donors (Lipinski definition) is 1. The van der Waals surface area contributed by atoms with E-state index < -0.39 is 0 Å². The van der Waals surface area contributed by atoms with Gasteiger partial charge in [0.1, 0.15) is 10.9 Å². The van der Waals surface area contributed by atoms with Crippen LogP contribution in [-0.4, -0.2) is 0 Å². The van der Waals surface area contributed by atoms with Gasteiger partial charge in [0, 0.05) is 4.88 Å². The summed E-state index contributed by atoms with van der Waals surface area (Å²) in [5, 5.41) is 9.05. The van der Waals surface area contributed by atoms with Gasteiger partial charge in [-0.2, -0.15) is 5.26 Å². The molecule has 2 N–H and O–H groups in total. The van der Waals surface area contributed by atoms with Gasteiger partial charge in [0.25, 0.3) is 0 Å². The monoisotopic (exact) mass is 326 g/mol. The summed E-state index contributed by atoms with van der Waals surface area (Å²) in [5.41, 5.74) is 7.82. The van der Waals surface area contributed by atoms with Gasteiger partial charge in [0.15, 0.2) is 0 Å². The van der Waals surface area contributed by atoms with Gasteiger partial charge in [-0.3, -0.25) is 0 Å². The first kappa shape index (κ1) is 12.6. The summed E-state index contributed by atoms with van der Waals surface area (Å²) in [6.45, 7) is 2.12. The van der Waals surface area contributed by atoms with Gasteiger partial charge in [-0.05, 0) is 40.0 Å². The lowest BCUT2D eigenvalue weighted by Crippen LogP contribution is -1.92. The van der Waals surface area contributed by atoms with Gasteiger partial charge >= 0.3 is 0 Å². The summed E-state index contributed by atoms with van der Waals surface area (Å²) in [7, 11) is 0. The highest BCUT2D eigenvalue weighted by molar-refractivity contribution is 9.11. The second kappa shape index (κ2) is 5.21. The van der Waals surface area contributed by atoms with Gasteiger partial charge < -0.3 is 5.73 Å². The molecular formula is C12H11BrN2S2. The number of rotatable bonds is 3. The molecule has 2 heterocycles. The van der Waals surface area contributed by atoms with Crippen LogP contribution in [0.3, 0.4) is 0 Å². The number of thiophene rings is 2. The zero-order valence-electron chi connectivity index (χ0n) is 9.29. The molecule has 0 saturated heterocycles. The predicted molar refractivity (Wildman–Crippen MR) is 78.5 cm³/mol. The van der Waals surface area contributed by atoms with E-state index in [2.05, 4.69) is 35.0 Å². The van der Waals surface area contributed by atoms with Crippen LogP contribution in [0.5, 0.6) is 0 Å². The van der Waals surface area contributed by atoms with Crippen LogP contribution in [0, 0.1) is 11.3 Å². The molecule has 0 fully saturated rings. The fourth-order valence-electron chi connectivity index (χ4n) is 1.69. The first-order valence-corrected chi connectivity index (χ1v) is 7.67. The molecule has 0 aliphatic heterocycles. The first-order chi connectivity index (χ1) is 8.17. The van der Waals surface area contributed by atoms with E-state index in [1.165, 1.54) is 16.2 Å². The Labute approximate surface area is 117 Å². The molecule has 0 atom stereocenters. The van der Waals surface area contributed by atoms with E-state index in [1.54, 1.807) is 11.3 Å². The van der Waals surface area contributed by atoms with E-state index in [0.29, 0.717) is 10.6 Å². The molecule has 0 spiro atoms. The summed E-state index contributed by atoms with van der Waals surface area (Å²) in [4.78, 5) is 2.96. The SMILES string of the molecule is CCCc1c(-c2ccc(Br)s2)sc(C#N)c1N. The third-order valence-electron chi connectivity index (χ3n) is 2.45. The summed E-state index contributed by atoms with van der Waals surface area (Å²) < 4.78 is 1.10. The molecule has 2 aromatic heterocycles. The highest BCUT2D eigenvalue weighted by atomic mass is 79.9. The van der Waals surface area contributed by atoms with Gasteiger partial charge in [0.05, 0.1) is 14.4 Å². The number of hydrogen-bond acceptors (Lipinski definition) is 4. The van der Waals surface area contributed by atoms with Crippen LogP contribution >= 0.6 is 38.6 Å². The Morgan fingerprint density at radius 1 is 1.41 bits per heavy atom. The molecule has 0 aliphatic carbocycles. The maximum absolute atomic E-state index is 9.05. The van der Waals surface area contributed by atoms with Crippen molar-refractivity contribution in [1.29, 1.82) is 5.26 Å². The predicted octanol–water partition coefficient (Wildman–Crippen LogP) is 4.65. The number of halogens is 1. The quantitative estimate of drug-likeness (QED) is 0.892. The lowest BCUT2D eigenvalue weighted by Gasteiger charge is -2.01. The largest absolute Gasteiger partial charge is 0.397 e. The Balaban J connectivity index is 2.57. The number of nitrogens with two attached hydrogens (primary N) is 1. The molecule has 5 heteroatoms. The van der Waals surface area contributed by atoms with Crippen LogP contribution in [0.25, 0.3) is 9.75 Å². The third-order valence-corrected chi connectivity index (χ3v) is 5.40. The van der Waals surface area contributed by atoms with E-state index in [0.717, 1.165) is 27.1 Å².